The zero-order chi connectivity index (χ0) is 16.9. The van der Waals surface area contributed by atoms with Crippen molar-refractivity contribution in [2.24, 2.45) is 0 Å². The number of rotatable bonds is 6. The molecule has 2 aromatic carbocycles. The Labute approximate surface area is 140 Å². The number of halogens is 1. The zero-order valence-electron chi connectivity index (χ0n) is 13.5. The summed E-state index contributed by atoms with van der Waals surface area (Å²) in [6.45, 7) is 2.55. The third-order valence-corrected chi connectivity index (χ3v) is 4.13. The van der Waals surface area contributed by atoms with Crippen LogP contribution >= 0.6 is 0 Å². The second-order valence-electron chi connectivity index (χ2n) is 5.90. The highest BCUT2D eigenvalue weighted by atomic mass is 19.1. The average Bonchev–Trinajstić information content (AvgIpc) is 3.09. The first kappa shape index (κ1) is 16.4. The number of aliphatic hydroxyl groups excluding tert-OH is 1. The second-order valence-corrected chi connectivity index (χ2v) is 5.90. The summed E-state index contributed by atoms with van der Waals surface area (Å²) in [5.74, 6) is 0.975. The number of hydrogen-bond acceptors (Lipinski definition) is 2. The maximum atomic E-state index is 13.8. The predicted octanol–water partition coefficient (Wildman–Crippen LogP) is 3.27. The van der Waals surface area contributed by atoms with Crippen LogP contribution in [0.3, 0.4) is 0 Å². The van der Waals surface area contributed by atoms with E-state index in [1.165, 1.54) is 6.07 Å². The molecule has 124 valence electrons. The fourth-order valence-electron chi connectivity index (χ4n) is 2.68. The molecule has 0 bridgehead atoms. The molecule has 3 nitrogen and oxygen atoms in total. The lowest BCUT2D eigenvalue weighted by molar-refractivity contribution is -0.710. The van der Waals surface area contributed by atoms with E-state index in [4.69, 9.17) is 4.42 Å². The summed E-state index contributed by atoms with van der Waals surface area (Å²) in [6, 6.07) is 19.7. The molecule has 0 unspecified atom stereocenters. The smallest absolute Gasteiger partial charge is 0.158 e. The van der Waals surface area contributed by atoms with Gasteiger partial charge >= 0.3 is 0 Å². The first-order valence-corrected chi connectivity index (χ1v) is 8.05. The van der Waals surface area contributed by atoms with Gasteiger partial charge in [-0.15, -0.1) is 0 Å². The van der Waals surface area contributed by atoms with Crippen LogP contribution in [0.2, 0.25) is 0 Å². The van der Waals surface area contributed by atoms with Crippen LogP contribution in [0, 0.1) is 5.82 Å². The Hall–Kier alpha value is -2.43. The molecule has 0 saturated heterocycles. The summed E-state index contributed by atoms with van der Waals surface area (Å²) < 4.78 is 19.5. The van der Waals surface area contributed by atoms with Crippen molar-refractivity contribution < 1.29 is 19.2 Å². The highest BCUT2D eigenvalue weighted by molar-refractivity contribution is 5.58. The molecule has 0 radical (unpaired) electrons. The van der Waals surface area contributed by atoms with Crippen LogP contribution in [-0.2, 0) is 6.54 Å². The van der Waals surface area contributed by atoms with Crippen LogP contribution in [0.15, 0.2) is 71.1 Å². The molecule has 2 atom stereocenters. The van der Waals surface area contributed by atoms with Gasteiger partial charge in [-0.05, 0) is 36.8 Å². The van der Waals surface area contributed by atoms with Gasteiger partial charge in [0.15, 0.2) is 5.76 Å². The minimum Gasteiger partial charge on any atom is -0.455 e. The first-order valence-electron chi connectivity index (χ1n) is 8.05. The number of furan rings is 1. The Balaban J connectivity index is 1.62. The van der Waals surface area contributed by atoms with Crippen molar-refractivity contribution >= 4 is 0 Å². The molecule has 0 saturated carbocycles. The summed E-state index contributed by atoms with van der Waals surface area (Å²) in [4.78, 5) is 0. The summed E-state index contributed by atoms with van der Waals surface area (Å²) in [5.41, 5.74) is 1.36. The van der Waals surface area contributed by atoms with E-state index in [0.29, 0.717) is 17.9 Å². The lowest BCUT2D eigenvalue weighted by Gasteiger charge is -2.17. The number of nitrogens with two attached hydrogens (primary N) is 1. The van der Waals surface area contributed by atoms with E-state index in [2.05, 4.69) is 0 Å². The molecule has 0 spiro atoms. The van der Waals surface area contributed by atoms with Crippen LogP contribution in [0.25, 0.3) is 11.3 Å². The average molecular weight is 326 g/mol. The van der Waals surface area contributed by atoms with Gasteiger partial charge in [0.1, 0.15) is 30.3 Å². The molecule has 0 aliphatic heterocycles. The minimum absolute atomic E-state index is 0.0191. The number of hydrogen-bond donors (Lipinski definition) is 2. The molecule has 24 heavy (non-hydrogen) atoms. The lowest BCUT2D eigenvalue weighted by atomic mass is 10.0. The van der Waals surface area contributed by atoms with Gasteiger partial charge in [0.25, 0.3) is 0 Å². The molecule has 0 fully saturated rings. The summed E-state index contributed by atoms with van der Waals surface area (Å²) in [5, 5.41) is 12.4. The molecule has 0 amide bonds. The Morgan fingerprint density at radius 1 is 1.00 bits per heavy atom. The Morgan fingerprint density at radius 3 is 2.46 bits per heavy atom. The third-order valence-electron chi connectivity index (χ3n) is 4.13. The van der Waals surface area contributed by atoms with E-state index in [0.717, 1.165) is 11.3 Å². The topological polar surface area (TPSA) is 50.0 Å². The maximum absolute atomic E-state index is 13.8. The fourth-order valence-corrected chi connectivity index (χ4v) is 2.68. The van der Waals surface area contributed by atoms with Gasteiger partial charge < -0.3 is 14.8 Å². The van der Waals surface area contributed by atoms with Crippen molar-refractivity contribution in [3.05, 3.63) is 83.9 Å². The maximum Gasteiger partial charge on any atom is 0.158 e. The minimum atomic E-state index is -0.549. The summed E-state index contributed by atoms with van der Waals surface area (Å²) in [6.07, 6.45) is -0.549. The largest absolute Gasteiger partial charge is 0.455 e. The van der Waals surface area contributed by atoms with E-state index in [1.807, 2.05) is 48.6 Å². The molecule has 0 aliphatic carbocycles. The molecule has 1 aromatic heterocycles. The Morgan fingerprint density at radius 2 is 1.71 bits per heavy atom. The Kier molecular flexibility index (Phi) is 5.08. The molecular formula is C20H21FNO2+. The van der Waals surface area contributed by atoms with Crippen molar-refractivity contribution in [3.63, 3.8) is 0 Å². The van der Waals surface area contributed by atoms with Gasteiger partial charge in [-0.2, -0.15) is 0 Å². The molecule has 3 aromatic rings. The van der Waals surface area contributed by atoms with Gasteiger partial charge in [0.05, 0.1) is 5.56 Å². The molecular weight excluding hydrogens is 305 g/mol. The summed E-state index contributed by atoms with van der Waals surface area (Å²) >= 11 is 0. The quantitative estimate of drug-likeness (QED) is 0.730. The normalized spacial score (nSPS) is 13.6. The number of aliphatic hydroxyl groups is 1. The third kappa shape index (κ3) is 3.72. The molecule has 0 aliphatic rings. The number of quaternary nitrogens is 1. The Bertz CT molecular complexity index is 785. The van der Waals surface area contributed by atoms with E-state index < -0.39 is 6.10 Å². The first-order chi connectivity index (χ1) is 11.6. The summed E-state index contributed by atoms with van der Waals surface area (Å²) in [7, 11) is 0. The molecule has 3 N–H and O–H groups in total. The van der Waals surface area contributed by atoms with E-state index in [9.17, 15) is 9.50 Å². The van der Waals surface area contributed by atoms with Crippen LogP contribution in [0.1, 0.15) is 24.4 Å². The molecule has 1 heterocycles. The van der Waals surface area contributed by atoms with Crippen LogP contribution in [0.4, 0.5) is 4.39 Å². The molecule has 3 rings (SSSR count). The van der Waals surface area contributed by atoms with Gasteiger partial charge in [0.2, 0.25) is 0 Å². The predicted molar refractivity (Wildman–Crippen MR) is 90.6 cm³/mol. The lowest BCUT2D eigenvalue weighted by Crippen LogP contribution is -2.88. The van der Waals surface area contributed by atoms with Crippen molar-refractivity contribution in [1.82, 2.24) is 0 Å². The molecule has 4 heteroatoms. The highest BCUT2D eigenvalue weighted by Gasteiger charge is 2.19. The monoisotopic (exact) mass is 326 g/mol. The van der Waals surface area contributed by atoms with Crippen molar-refractivity contribution in [2.45, 2.75) is 25.6 Å². The van der Waals surface area contributed by atoms with Crippen LogP contribution < -0.4 is 5.32 Å². The standard InChI is InChI=1S/C20H20FNO2/c1-14(20(23)15-7-3-2-4-8-15)22-13-16-11-12-19(24-16)17-9-5-6-10-18(17)21/h2-12,14,20,22-23H,13H2,1H3/p+1/t14-,20-/m1/s1. The second kappa shape index (κ2) is 7.43. The van der Waals surface area contributed by atoms with Crippen molar-refractivity contribution in [2.75, 3.05) is 0 Å². The van der Waals surface area contributed by atoms with Gasteiger partial charge in [-0.1, -0.05) is 42.5 Å². The number of benzene rings is 2. The van der Waals surface area contributed by atoms with Crippen molar-refractivity contribution in [3.8, 4) is 11.3 Å². The van der Waals surface area contributed by atoms with Crippen LogP contribution in [-0.4, -0.2) is 11.1 Å². The van der Waals surface area contributed by atoms with E-state index >= 15 is 0 Å². The van der Waals surface area contributed by atoms with E-state index in [1.54, 1.807) is 24.3 Å². The van der Waals surface area contributed by atoms with E-state index in [-0.39, 0.29) is 11.9 Å². The van der Waals surface area contributed by atoms with Gasteiger partial charge in [-0.25, -0.2) is 4.39 Å². The van der Waals surface area contributed by atoms with Gasteiger partial charge in [-0.3, -0.25) is 0 Å². The van der Waals surface area contributed by atoms with Crippen molar-refractivity contribution in [1.29, 1.82) is 0 Å². The highest BCUT2D eigenvalue weighted by Crippen LogP contribution is 2.24. The fraction of sp³-hybridized carbons (Fsp3) is 0.200. The zero-order valence-corrected chi connectivity index (χ0v) is 13.5. The van der Waals surface area contributed by atoms with Gasteiger partial charge in [0, 0.05) is 0 Å². The van der Waals surface area contributed by atoms with Crippen LogP contribution in [0.5, 0.6) is 0 Å². The SMILES string of the molecule is C[C@@H]([NH2+]Cc1ccc(-c2ccccc2F)o1)[C@@H](O)c1ccccc1.